The molecule has 1 N–H and O–H groups in total. The van der Waals surface area contributed by atoms with Crippen LogP contribution in [0.15, 0.2) is 77.7 Å². The highest BCUT2D eigenvalue weighted by Crippen LogP contribution is 2.35. The Kier molecular flexibility index (Phi) is 10.8. The molecule has 2 amide bonds. The van der Waals surface area contributed by atoms with E-state index < -0.39 is 28.5 Å². The van der Waals surface area contributed by atoms with E-state index in [1.165, 1.54) is 30.2 Å². The summed E-state index contributed by atoms with van der Waals surface area (Å²) in [7, 11) is -2.84. The van der Waals surface area contributed by atoms with Gasteiger partial charge in [0.1, 0.15) is 18.3 Å². The minimum atomic E-state index is -4.25. The number of amides is 2. The topological polar surface area (TPSA) is 96.0 Å². The van der Waals surface area contributed by atoms with Crippen molar-refractivity contribution in [2.45, 2.75) is 62.6 Å². The fraction of sp³-hybridized carbons (Fsp3) is 0.355. The van der Waals surface area contributed by atoms with Crippen molar-refractivity contribution < 1.29 is 22.7 Å². The SMILES string of the molecule is COc1ccc(Cl)cc1N(CC(=O)N(Cc1ccc(Cl)cc1)C(C)C(=O)NC1CCCCC1)S(=O)(=O)c1ccccc1. The summed E-state index contributed by atoms with van der Waals surface area (Å²) < 4.78 is 34.4. The third-order valence-corrected chi connectivity index (χ3v) is 9.67. The molecule has 1 aliphatic carbocycles. The molecule has 0 aliphatic heterocycles. The number of halogens is 2. The Hall–Kier alpha value is -3.27. The molecular formula is C31H35Cl2N3O5S. The van der Waals surface area contributed by atoms with E-state index in [0.29, 0.717) is 5.02 Å². The average Bonchev–Trinajstić information content (AvgIpc) is 3.00. The van der Waals surface area contributed by atoms with E-state index in [1.807, 2.05) is 0 Å². The van der Waals surface area contributed by atoms with Crippen molar-refractivity contribution >= 4 is 50.7 Å². The zero-order valence-electron chi connectivity index (χ0n) is 23.6. The Morgan fingerprint density at radius 3 is 2.24 bits per heavy atom. The van der Waals surface area contributed by atoms with Crippen LogP contribution in [0.1, 0.15) is 44.6 Å². The number of hydrogen-bond acceptors (Lipinski definition) is 5. The van der Waals surface area contributed by atoms with Crippen LogP contribution in [0.5, 0.6) is 5.75 Å². The molecular weight excluding hydrogens is 597 g/mol. The molecule has 0 radical (unpaired) electrons. The molecule has 1 aliphatic rings. The number of benzene rings is 3. The van der Waals surface area contributed by atoms with Gasteiger partial charge in [-0.1, -0.05) is 72.8 Å². The van der Waals surface area contributed by atoms with Crippen LogP contribution in [0, 0.1) is 0 Å². The van der Waals surface area contributed by atoms with Gasteiger partial charge in [0, 0.05) is 22.6 Å². The highest BCUT2D eigenvalue weighted by Gasteiger charge is 2.34. The van der Waals surface area contributed by atoms with Gasteiger partial charge < -0.3 is 15.0 Å². The zero-order chi connectivity index (χ0) is 30.3. The molecule has 0 bridgehead atoms. The number of sulfonamides is 1. The van der Waals surface area contributed by atoms with Gasteiger partial charge in [0.05, 0.1) is 17.7 Å². The second-order valence-corrected chi connectivity index (χ2v) is 13.0. The Bertz CT molecular complexity index is 1480. The van der Waals surface area contributed by atoms with E-state index in [1.54, 1.807) is 61.5 Å². The highest BCUT2D eigenvalue weighted by molar-refractivity contribution is 7.92. The molecule has 224 valence electrons. The van der Waals surface area contributed by atoms with Crippen molar-refractivity contribution in [2.75, 3.05) is 18.0 Å². The first-order chi connectivity index (χ1) is 20.1. The predicted molar refractivity (Wildman–Crippen MR) is 165 cm³/mol. The van der Waals surface area contributed by atoms with Gasteiger partial charge in [-0.3, -0.25) is 13.9 Å². The van der Waals surface area contributed by atoms with Gasteiger partial charge in [0.15, 0.2) is 0 Å². The molecule has 0 heterocycles. The first kappa shape index (κ1) is 31.7. The number of rotatable bonds is 11. The summed E-state index contributed by atoms with van der Waals surface area (Å²) in [5, 5.41) is 3.90. The van der Waals surface area contributed by atoms with Crippen molar-refractivity contribution in [3.63, 3.8) is 0 Å². The number of ether oxygens (including phenoxy) is 1. The molecule has 8 nitrogen and oxygen atoms in total. The van der Waals surface area contributed by atoms with Crippen molar-refractivity contribution in [1.82, 2.24) is 10.2 Å². The molecule has 0 aromatic heterocycles. The molecule has 4 rings (SSSR count). The van der Waals surface area contributed by atoms with Crippen LogP contribution < -0.4 is 14.4 Å². The second kappa shape index (κ2) is 14.3. The Balaban J connectivity index is 1.71. The molecule has 0 saturated heterocycles. The van der Waals surface area contributed by atoms with Gasteiger partial charge >= 0.3 is 0 Å². The van der Waals surface area contributed by atoms with E-state index in [-0.39, 0.29) is 39.8 Å². The van der Waals surface area contributed by atoms with Gasteiger partial charge in [-0.05, 0) is 67.8 Å². The van der Waals surface area contributed by atoms with Crippen molar-refractivity contribution in [1.29, 1.82) is 0 Å². The number of anilines is 1. The zero-order valence-corrected chi connectivity index (χ0v) is 26.0. The van der Waals surface area contributed by atoms with Crippen LogP contribution in [-0.4, -0.2) is 50.9 Å². The monoisotopic (exact) mass is 631 g/mol. The Morgan fingerprint density at radius 2 is 1.60 bits per heavy atom. The quantitative estimate of drug-likeness (QED) is 0.277. The lowest BCUT2D eigenvalue weighted by atomic mass is 9.95. The molecule has 3 aromatic carbocycles. The first-order valence-electron chi connectivity index (χ1n) is 13.9. The maximum Gasteiger partial charge on any atom is 0.264 e. The largest absolute Gasteiger partial charge is 0.495 e. The third-order valence-electron chi connectivity index (χ3n) is 7.40. The summed E-state index contributed by atoms with van der Waals surface area (Å²) in [5.41, 5.74) is 0.843. The lowest BCUT2D eigenvalue weighted by Crippen LogP contribution is -2.53. The molecule has 3 aromatic rings. The van der Waals surface area contributed by atoms with Gasteiger partial charge in [-0.15, -0.1) is 0 Å². The minimum Gasteiger partial charge on any atom is -0.495 e. The molecule has 11 heteroatoms. The van der Waals surface area contributed by atoms with Crippen LogP contribution in [-0.2, 0) is 26.2 Å². The number of nitrogens with zero attached hydrogens (tertiary/aromatic N) is 2. The lowest BCUT2D eigenvalue weighted by Gasteiger charge is -2.33. The van der Waals surface area contributed by atoms with E-state index >= 15 is 0 Å². The number of carbonyl (C=O) groups excluding carboxylic acids is 2. The van der Waals surface area contributed by atoms with Crippen LogP contribution in [0.3, 0.4) is 0 Å². The molecule has 0 spiro atoms. The molecule has 1 fully saturated rings. The van der Waals surface area contributed by atoms with Crippen LogP contribution >= 0.6 is 23.2 Å². The average molecular weight is 633 g/mol. The predicted octanol–water partition coefficient (Wildman–Crippen LogP) is 6.06. The van der Waals surface area contributed by atoms with E-state index in [9.17, 15) is 18.0 Å². The molecule has 1 saturated carbocycles. The third kappa shape index (κ3) is 7.76. The molecule has 1 atom stereocenters. The number of methoxy groups -OCH3 is 1. The number of nitrogens with one attached hydrogen (secondary N) is 1. The van der Waals surface area contributed by atoms with E-state index in [4.69, 9.17) is 27.9 Å². The lowest BCUT2D eigenvalue weighted by molar-refractivity contribution is -0.139. The van der Waals surface area contributed by atoms with Crippen LogP contribution in [0.25, 0.3) is 0 Å². The summed E-state index contributed by atoms with van der Waals surface area (Å²) in [4.78, 5) is 29.0. The van der Waals surface area contributed by atoms with Crippen LogP contribution in [0.4, 0.5) is 5.69 Å². The minimum absolute atomic E-state index is 0.00725. The second-order valence-electron chi connectivity index (χ2n) is 10.3. The summed E-state index contributed by atoms with van der Waals surface area (Å²) >= 11 is 12.4. The van der Waals surface area contributed by atoms with Crippen molar-refractivity contribution in [3.8, 4) is 5.75 Å². The van der Waals surface area contributed by atoms with E-state index in [0.717, 1.165) is 42.0 Å². The summed E-state index contributed by atoms with van der Waals surface area (Å²) in [6, 6.07) is 18.5. The Morgan fingerprint density at radius 1 is 0.952 bits per heavy atom. The van der Waals surface area contributed by atoms with Gasteiger partial charge in [0.25, 0.3) is 10.0 Å². The summed E-state index contributed by atoms with van der Waals surface area (Å²) in [6.45, 7) is 1.13. The Labute approximate surface area is 257 Å². The number of carbonyl (C=O) groups is 2. The molecule has 42 heavy (non-hydrogen) atoms. The smallest absolute Gasteiger partial charge is 0.264 e. The molecule has 1 unspecified atom stereocenters. The fourth-order valence-corrected chi connectivity index (χ4v) is 6.76. The normalized spacial score (nSPS) is 14.6. The summed E-state index contributed by atoms with van der Waals surface area (Å²) in [6.07, 6.45) is 5.01. The number of hydrogen-bond donors (Lipinski definition) is 1. The summed E-state index contributed by atoms with van der Waals surface area (Å²) in [5.74, 6) is -0.640. The maximum atomic E-state index is 14.1. The van der Waals surface area contributed by atoms with Crippen LogP contribution in [0.2, 0.25) is 10.0 Å². The fourth-order valence-electron chi connectivity index (χ4n) is 5.03. The van der Waals surface area contributed by atoms with Gasteiger partial charge in [-0.25, -0.2) is 8.42 Å². The van der Waals surface area contributed by atoms with Crippen molar-refractivity contribution in [3.05, 3.63) is 88.4 Å². The van der Waals surface area contributed by atoms with Gasteiger partial charge in [-0.2, -0.15) is 0 Å². The first-order valence-corrected chi connectivity index (χ1v) is 16.1. The van der Waals surface area contributed by atoms with Crippen molar-refractivity contribution in [2.24, 2.45) is 0 Å². The van der Waals surface area contributed by atoms with Gasteiger partial charge in [0.2, 0.25) is 11.8 Å². The van der Waals surface area contributed by atoms with E-state index in [2.05, 4.69) is 5.32 Å². The standard InChI is InChI=1S/C31H35Cl2N3O5S/c1-22(31(38)34-26-9-5-3-6-10-26)35(20-23-13-15-24(32)16-14-23)30(37)21-36(28-19-25(33)17-18-29(28)41-2)42(39,40)27-11-7-4-8-12-27/h4,7-8,11-19,22,26H,3,5-6,9-10,20-21H2,1-2H3,(H,34,38). The maximum absolute atomic E-state index is 14.1. The highest BCUT2D eigenvalue weighted by atomic mass is 35.5.